The van der Waals surface area contributed by atoms with E-state index in [4.69, 9.17) is 14.5 Å². The number of ether oxygens (including phenoxy) is 2. The maximum Gasteiger partial charge on any atom is 0.231 e. The molecule has 1 saturated heterocycles. The maximum absolute atomic E-state index is 5.52. The zero-order valence-corrected chi connectivity index (χ0v) is 19.6. The van der Waals surface area contributed by atoms with E-state index in [1.165, 1.54) is 11.9 Å². The Kier molecular flexibility index (Phi) is 5.05. The van der Waals surface area contributed by atoms with Crippen LogP contribution in [0.15, 0.2) is 48.8 Å². The second kappa shape index (κ2) is 8.68. The van der Waals surface area contributed by atoms with Crippen molar-refractivity contribution < 1.29 is 9.47 Å². The van der Waals surface area contributed by atoms with E-state index in [1.54, 1.807) is 0 Å². The highest BCUT2D eigenvalue weighted by molar-refractivity contribution is 5.84. The standard InChI is InChI=1S/C25H25N9O2/c1-2-4-18-17(3-1)29-21(30-18)12-26-23-22-24(28-14-27-23)32-25(31-22)34-9-7-33(8-10-34)13-16-5-6-19-20(11-16)36-15-35-19/h1-6,11,14H,7-10,12-13,15H2,(H,29,30)(H2,26,27,28,31,32). The summed E-state index contributed by atoms with van der Waals surface area (Å²) in [6.07, 6.45) is 1.54. The number of fused-ring (bicyclic) bond motifs is 3. The van der Waals surface area contributed by atoms with Crippen LogP contribution in [0.2, 0.25) is 0 Å². The van der Waals surface area contributed by atoms with E-state index in [9.17, 15) is 0 Å². The largest absolute Gasteiger partial charge is 0.454 e. The minimum absolute atomic E-state index is 0.302. The monoisotopic (exact) mass is 483 g/mol. The topological polar surface area (TPSA) is 120 Å². The van der Waals surface area contributed by atoms with E-state index >= 15 is 0 Å². The molecular weight excluding hydrogens is 458 g/mol. The first-order chi connectivity index (χ1) is 17.8. The molecule has 3 N–H and O–H groups in total. The van der Waals surface area contributed by atoms with Gasteiger partial charge >= 0.3 is 0 Å². The van der Waals surface area contributed by atoms with Crippen LogP contribution in [0.25, 0.3) is 22.2 Å². The average molecular weight is 484 g/mol. The molecule has 2 aliphatic rings. The quantitative estimate of drug-likeness (QED) is 0.335. The fourth-order valence-electron chi connectivity index (χ4n) is 4.77. The Labute approximate surface area is 206 Å². The summed E-state index contributed by atoms with van der Waals surface area (Å²) in [5.41, 5.74) is 4.64. The molecule has 182 valence electrons. The first-order valence-corrected chi connectivity index (χ1v) is 12.0. The fourth-order valence-corrected chi connectivity index (χ4v) is 4.77. The van der Waals surface area contributed by atoms with Gasteiger partial charge in [-0.05, 0) is 29.8 Å². The Bertz CT molecular complexity index is 1500. The highest BCUT2D eigenvalue weighted by atomic mass is 16.7. The van der Waals surface area contributed by atoms with Gasteiger partial charge in [-0.1, -0.05) is 18.2 Å². The minimum Gasteiger partial charge on any atom is -0.454 e. The number of nitrogens with one attached hydrogen (secondary N) is 3. The summed E-state index contributed by atoms with van der Waals surface area (Å²) in [4.78, 5) is 29.7. The molecule has 0 spiro atoms. The van der Waals surface area contributed by atoms with Gasteiger partial charge in [0.2, 0.25) is 12.7 Å². The minimum atomic E-state index is 0.302. The maximum atomic E-state index is 5.52. The van der Waals surface area contributed by atoms with Crippen molar-refractivity contribution in [2.24, 2.45) is 0 Å². The number of anilines is 2. The molecule has 2 aromatic carbocycles. The molecule has 0 saturated carbocycles. The van der Waals surface area contributed by atoms with Gasteiger partial charge in [-0.15, -0.1) is 0 Å². The number of piperazine rings is 1. The first kappa shape index (κ1) is 20.9. The van der Waals surface area contributed by atoms with E-state index in [1.807, 2.05) is 30.3 Å². The molecule has 0 aliphatic carbocycles. The van der Waals surface area contributed by atoms with E-state index in [-0.39, 0.29) is 0 Å². The Hall–Kier alpha value is -4.38. The number of rotatable bonds is 6. The van der Waals surface area contributed by atoms with Gasteiger partial charge in [0.1, 0.15) is 17.7 Å². The molecule has 7 rings (SSSR count). The molecule has 0 amide bonds. The van der Waals surface area contributed by atoms with Gasteiger partial charge in [0.05, 0.1) is 17.6 Å². The number of nitrogens with zero attached hydrogens (tertiary/aromatic N) is 6. The van der Waals surface area contributed by atoms with Crippen molar-refractivity contribution in [3.05, 3.63) is 60.2 Å². The lowest BCUT2D eigenvalue weighted by Crippen LogP contribution is -2.46. The van der Waals surface area contributed by atoms with Crippen LogP contribution in [0.1, 0.15) is 11.4 Å². The number of benzene rings is 2. The SMILES string of the molecule is c1ccc2[nH]c(CNc3ncnc4nc(N5CCN(Cc6ccc7c(c6)OCO7)CC5)[nH]c34)nc2c1. The van der Waals surface area contributed by atoms with Crippen LogP contribution in [-0.2, 0) is 13.1 Å². The molecule has 36 heavy (non-hydrogen) atoms. The summed E-state index contributed by atoms with van der Waals surface area (Å²) in [7, 11) is 0. The van der Waals surface area contributed by atoms with Gasteiger partial charge in [-0.2, -0.15) is 4.98 Å². The summed E-state index contributed by atoms with van der Waals surface area (Å²) < 4.78 is 10.9. The predicted octanol–water partition coefficient (Wildman–Crippen LogP) is 2.89. The van der Waals surface area contributed by atoms with Gasteiger partial charge in [-0.3, -0.25) is 4.90 Å². The Balaban J connectivity index is 1.01. The third-order valence-electron chi connectivity index (χ3n) is 6.65. The van der Waals surface area contributed by atoms with Gasteiger partial charge < -0.3 is 29.7 Å². The lowest BCUT2D eigenvalue weighted by Gasteiger charge is -2.34. The molecule has 0 atom stereocenters. The summed E-state index contributed by atoms with van der Waals surface area (Å²) >= 11 is 0. The van der Waals surface area contributed by atoms with E-state index in [2.05, 4.69) is 52.2 Å². The lowest BCUT2D eigenvalue weighted by molar-refractivity contribution is 0.174. The molecule has 1 fully saturated rings. The molecule has 2 aliphatic heterocycles. The predicted molar refractivity (Wildman–Crippen MR) is 135 cm³/mol. The molecule has 0 unspecified atom stereocenters. The van der Waals surface area contributed by atoms with Crippen molar-refractivity contribution in [1.29, 1.82) is 0 Å². The Morgan fingerprint density at radius 3 is 2.72 bits per heavy atom. The molecule has 5 aromatic rings. The summed E-state index contributed by atoms with van der Waals surface area (Å²) in [6.45, 7) is 5.33. The van der Waals surface area contributed by atoms with Crippen LogP contribution < -0.4 is 19.7 Å². The molecule has 0 bridgehead atoms. The van der Waals surface area contributed by atoms with Crippen LogP contribution in [0.3, 0.4) is 0 Å². The number of H-pyrrole nitrogens is 2. The van der Waals surface area contributed by atoms with Crippen LogP contribution >= 0.6 is 0 Å². The molecule has 3 aromatic heterocycles. The van der Waals surface area contributed by atoms with Crippen molar-refractivity contribution in [3.63, 3.8) is 0 Å². The number of aromatic amines is 2. The third-order valence-corrected chi connectivity index (χ3v) is 6.65. The highest BCUT2D eigenvalue weighted by Gasteiger charge is 2.22. The van der Waals surface area contributed by atoms with Gasteiger partial charge in [0, 0.05) is 32.7 Å². The molecule has 11 nitrogen and oxygen atoms in total. The van der Waals surface area contributed by atoms with Crippen LogP contribution in [-0.4, -0.2) is 67.8 Å². The normalized spacial score (nSPS) is 15.7. The van der Waals surface area contributed by atoms with Crippen molar-refractivity contribution in [3.8, 4) is 11.5 Å². The smallest absolute Gasteiger partial charge is 0.231 e. The van der Waals surface area contributed by atoms with Crippen molar-refractivity contribution in [2.45, 2.75) is 13.1 Å². The van der Waals surface area contributed by atoms with E-state index < -0.39 is 0 Å². The average Bonchev–Trinajstić information content (AvgIpc) is 3.65. The number of hydrogen-bond donors (Lipinski definition) is 3. The number of imidazole rings is 2. The van der Waals surface area contributed by atoms with E-state index in [0.717, 1.165) is 72.5 Å². The Morgan fingerprint density at radius 1 is 0.917 bits per heavy atom. The zero-order valence-electron chi connectivity index (χ0n) is 19.6. The van der Waals surface area contributed by atoms with Gasteiger partial charge in [0.25, 0.3) is 0 Å². The summed E-state index contributed by atoms with van der Waals surface area (Å²) in [6, 6.07) is 14.2. The zero-order chi connectivity index (χ0) is 23.9. The second-order valence-electron chi connectivity index (χ2n) is 8.99. The molecule has 11 heteroatoms. The third kappa shape index (κ3) is 3.93. The number of hydrogen-bond acceptors (Lipinski definition) is 9. The molecule has 5 heterocycles. The van der Waals surface area contributed by atoms with E-state index in [0.29, 0.717) is 24.8 Å². The summed E-state index contributed by atoms with van der Waals surface area (Å²) in [5, 5.41) is 3.37. The van der Waals surface area contributed by atoms with Crippen molar-refractivity contribution in [1.82, 2.24) is 34.8 Å². The number of aromatic nitrogens is 6. The summed E-state index contributed by atoms with van der Waals surface area (Å²) in [5.74, 6) is 4.03. The number of para-hydroxylation sites is 2. The van der Waals surface area contributed by atoms with Crippen molar-refractivity contribution in [2.75, 3.05) is 43.2 Å². The lowest BCUT2D eigenvalue weighted by atomic mass is 10.1. The van der Waals surface area contributed by atoms with Crippen molar-refractivity contribution >= 4 is 34.0 Å². The van der Waals surface area contributed by atoms with Crippen LogP contribution in [0.4, 0.5) is 11.8 Å². The molecule has 0 radical (unpaired) electrons. The Morgan fingerprint density at radius 2 is 1.81 bits per heavy atom. The highest BCUT2D eigenvalue weighted by Crippen LogP contribution is 2.33. The van der Waals surface area contributed by atoms with Crippen LogP contribution in [0.5, 0.6) is 11.5 Å². The van der Waals surface area contributed by atoms with Gasteiger partial charge in [-0.25, -0.2) is 15.0 Å². The fraction of sp³-hybridized carbons (Fsp3) is 0.280. The first-order valence-electron chi connectivity index (χ1n) is 12.0. The second-order valence-corrected chi connectivity index (χ2v) is 8.99. The van der Waals surface area contributed by atoms with Crippen LogP contribution in [0, 0.1) is 0 Å². The molecular formula is C25H25N9O2. The van der Waals surface area contributed by atoms with Gasteiger partial charge in [0.15, 0.2) is 23.0 Å².